The van der Waals surface area contributed by atoms with E-state index in [1.54, 1.807) is 23.1 Å². The molecule has 3 amide bonds. The number of piperidine rings is 1. The van der Waals surface area contributed by atoms with Crippen LogP contribution in [0.15, 0.2) is 60.7 Å². The van der Waals surface area contributed by atoms with Crippen LogP contribution in [0.3, 0.4) is 0 Å². The molecule has 5 atom stereocenters. The maximum Gasteiger partial charge on any atom is 0.246 e. The van der Waals surface area contributed by atoms with Gasteiger partial charge in [-0.1, -0.05) is 84.9 Å². The monoisotopic (exact) mass is 678 g/mol. The lowest BCUT2D eigenvalue weighted by Gasteiger charge is -2.35. The van der Waals surface area contributed by atoms with Gasteiger partial charge in [0.05, 0.1) is 28.0 Å². The van der Waals surface area contributed by atoms with Gasteiger partial charge >= 0.3 is 0 Å². The van der Waals surface area contributed by atoms with Gasteiger partial charge in [0.25, 0.3) is 0 Å². The molecule has 2 bridgehead atoms. The maximum absolute atomic E-state index is 14.3. The van der Waals surface area contributed by atoms with Crippen LogP contribution >= 0.6 is 23.2 Å². The molecule has 5 aliphatic rings. The van der Waals surface area contributed by atoms with Crippen molar-refractivity contribution < 1.29 is 19.1 Å². The summed E-state index contributed by atoms with van der Waals surface area (Å²) in [5.41, 5.74) is 0.720. The largest absolute Gasteiger partial charge is 0.359 e. The van der Waals surface area contributed by atoms with Gasteiger partial charge in [-0.2, -0.15) is 0 Å². The number of likely N-dealkylation sites (tertiary alicyclic amines) is 2. The Kier molecular flexibility index (Phi) is 9.65. The third-order valence-electron chi connectivity index (χ3n) is 11.0. The predicted octanol–water partition coefficient (Wildman–Crippen LogP) is 5.88. The van der Waals surface area contributed by atoms with Crippen molar-refractivity contribution in [2.45, 2.75) is 81.6 Å². The number of benzene rings is 2. The van der Waals surface area contributed by atoms with E-state index in [0.29, 0.717) is 28.2 Å². The van der Waals surface area contributed by atoms with Crippen molar-refractivity contribution >= 4 is 46.6 Å². The van der Waals surface area contributed by atoms with Gasteiger partial charge in [0.1, 0.15) is 11.6 Å². The zero-order chi connectivity index (χ0) is 32.5. The molecule has 5 unspecified atom stereocenters. The van der Waals surface area contributed by atoms with Gasteiger partial charge in [-0.3, -0.25) is 14.4 Å². The molecule has 7 rings (SSSR count). The Hall–Kier alpha value is -2.91. The van der Waals surface area contributed by atoms with Crippen LogP contribution < -0.4 is 10.6 Å². The molecule has 3 saturated heterocycles. The number of nitrogens with one attached hydrogen (secondary N) is 2. The minimum Gasteiger partial charge on any atom is -0.359 e. The molecule has 1 spiro atoms. The first kappa shape index (κ1) is 32.6. The van der Waals surface area contributed by atoms with Gasteiger partial charge in [-0.05, 0) is 87.8 Å². The van der Waals surface area contributed by atoms with Crippen molar-refractivity contribution in [2.24, 2.45) is 17.8 Å². The number of hydrogen-bond donors (Lipinski definition) is 2. The highest BCUT2D eigenvalue weighted by Crippen LogP contribution is 2.55. The van der Waals surface area contributed by atoms with E-state index >= 15 is 0 Å². The summed E-state index contributed by atoms with van der Waals surface area (Å²) in [5.74, 6) is -1.55. The molecule has 1 aliphatic carbocycles. The summed E-state index contributed by atoms with van der Waals surface area (Å²) < 4.78 is 6.53. The predicted molar refractivity (Wildman–Crippen MR) is 183 cm³/mol. The van der Waals surface area contributed by atoms with Crippen molar-refractivity contribution in [3.8, 4) is 0 Å². The number of carbonyl (C=O) groups excluding carboxylic acids is 3. The third-order valence-corrected chi connectivity index (χ3v) is 11.8. The van der Waals surface area contributed by atoms with Crippen LogP contribution in [0.2, 0.25) is 10.0 Å². The zero-order valence-electron chi connectivity index (χ0n) is 26.7. The van der Waals surface area contributed by atoms with E-state index in [1.807, 2.05) is 12.2 Å². The Balaban J connectivity index is 1.04. The normalized spacial score (nSPS) is 29.3. The number of fused-ring (bicyclic) bond motifs is 1. The number of nitrogens with zero attached hydrogens (tertiary/aromatic N) is 2. The highest BCUT2D eigenvalue weighted by atomic mass is 35.5. The van der Waals surface area contributed by atoms with Crippen molar-refractivity contribution in [2.75, 3.05) is 31.5 Å². The minimum absolute atomic E-state index is 0.0946. The zero-order valence-corrected chi connectivity index (χ0v) is 28.2. The number of carbonyl (C=O) groups is 3. The fourth-order valence-corrected chi connectivity index (χ4v) is 8.96. The molecule has 2 N–H and O–H groups in total. The first-order valence-corrected chi connectivity index (χ1v) is 18.1. The highest BCUT2D eigenvalue weighted by Gasteiger charge is 2.72. The number of hydrogen-bond acceptors (Lipinski definition) is 5. The molecule has 47 heavy (non-hydrogen) atoms. The molecule has 10 heteroatoms. The second-order valence-corrected chi connectivity index (χ2v) is 14.8. The van der Waals surface area contributed by atoms with E-state index in [9.17, 15) is 14.4 Å². The molecular formula is C37H44Cl2N4O4. The van der Waals surface area contributed by atoms with Crippen LogP contribution in [0.1, 0.15) is 56.9 Å². The Morgan fingerprint density at radius 2 is 1.68 bits per heavy atom. The van der Waals surface area contributed by atoms with Gasteiger partial charge in [-0.15, -0.1) is 0 Å². The average molecular weight is 680 g/mol. The van der Waals surface area contributed by atoms with Crippen LogP contribution in [0.4, 0.5) is 5.69 Å². The number of anilines is 1. The average Bonchev–Trinajstić information content (AvgIpc) is 3.72. The van der Waals surface area contributed by atoms with E-state index < -0.39 is 29.6 Å². The van der Waals surface area contributed by atoms with Gasteiger partial charge in [0.2, 0.25) is 17.7 Å². The van der Waals surface area contributed by atoms with Crippen LogP contribution in [-0.4, -0.2) is 77.5 Å². The third kappa shape index (κ3) is 6.59. The van der Waals surface area contributed by atoms with Gasteiger partial charge in [0, 0.05) is 18.3 Å². The summed E-state index contributed by atoms with van der Waals surface area (Å²) in [4.78, 5) is 46.4. The molecule has 0 radical (unpaired) electrons. The molecule has 2 aromatic carbocycles. The quantitative estimate of drug-likeness (QED) is 0.307. The van der Waals surface area contributed by atoms with Crippen molar-refractivity contribution in [3.63, 3.8) is 0 Å². The number of halogens is 2. The van der Waals surface area contributed by atoms with Gasteiger partial charge < -0.3 is 25.2 Å². The molecule has 8 nitrogen and oxygen atoms in total. The van der Waals surface area contributed by atoms with Crippen LogP contribution in [0.25, 0.3) is 0 Å². The maximum atomic E-state index is 14.3. The topological polar surface area (TPSA) is 91.0 Å². The lowest BCUT2D eigenvalue weighted by Crippen LogP contribution is -2.56. The first-order chi connectivity index (χ1) is 22.8. The molecule has 4 aliphatic heterocycles. The number of ether oxygens (including phenoxy) is 1. The molecule has 2 aromatic rings. The fraction of sp³-hybridized carbons (Fsp3) is 0.541. The van der Waals surface area contributed by atoms with Gasteiger partial charge in [-0.25, -0.2) is 0 Å². The molecular weight excluding hydrogens is 635 g/mol. The Morgan fingerprint density at radius 3 is 2.43 bits per heavy atom. The van der Waals surface area contributed by atoms with Crippen LogP contribution in [-0.2, 0) is 25.5 Å². The Bertz CT molecular complexity index is 1510. The molecule has 4 fully saturated rings. The van der Waals surface area contributed by atoms with Gasteiger partial charge in [0.15, 0.2) is 0 Å². The summed E-state index contributed by atoms with van der Waals surface area (Å²) in [5, 5.41) is 6.91. The van der Waals surface area contributed by atoms with Crippen molar-refractivity contribution in [1.82, 2.24) is 15.1 Å². The second kappa shape index (κ2) is 13.9. The smallest absolute Gasteiger partial charge is 0.246 e. The SMILES string of the molecule is O=C(Nc1ccc(Cl)c(Cl)c1)C1C2C=CC3(O2)C1C(=O)N(CCCN1CCC(Cc2ccccc2)CC1)C3C(=O)NC1CCCCC1. The van der Waals surface area contributed by atoms with Crippen LogP contribution in [0.5, 0.6) is 0 Å². The highest BCUT2D eigenvalue weighted by molar-refractivity contribution is 6.42. The van der Waals surface area contributed by atoms with Crippen molar-refractivity contribution in [1.29, 1.82) is 0 Å². The lowest BCUT2D eigenvalue weighted by atomic mass is 9.74. The van der Waals surface area contributed by atoms with E-state index in [-0.39, 0.29) is 23.8 Å². The standard InChI is InChI=1S/C37H44Cl2N4O4/c38-28-13-12-27(23-29(28)39)41-34(44)31-30-14-17-37(47-30)32(31)36(46)43(33(37)35(45)40-26-10-5-2-6-11-26)19-7-18-42-20-15-25(16-21-42)22-24-8-3-1-4-9-24/h1,3-4,8-9,12-14,17,23,25-26,30-33H,2,5-7,10-11,15-16,18-22H2,(H,40,45)(H,41,44). The molecule has 0 aromatic heterocycles. The minimum atomic E-state index is -1.17. The summed E-state index contributed by atoms with van der Waals surface area (Å²) >= 11 is 12.3. The molecule has 250 valence electrons. The summed E-state index contributed by atoms with van der Waals surface area (Å²) in [7, 11) is 0. The van der Waals surface area contributed by atoms with E-state index in [1.165, 1.54) is 12.0 Å². The Morgan fingerprint density at radius 1 is 0.915 bits per heavy atom. The number of rotatable bonds is 10. The molecule has 4 heterocycles. The number of amides is 3. The lowest BCUT2D eigenvalue weighted by molar-refractivity contribution is -0.141. The molecule has 1 saturated carbocycles. The second-order valence-electron chi connectivity index (χ2n) is 14.0. The van der Waals surface area contributed by atoms with Crippen molar-refractivity contribution in [3.05, 3.63) is 76.3 Å². The fourth-order valence-electron chi connectivity index (χ4n) is 8.66. The van der Waals surface area contributed by atoms with E-state index in [2.05, 4.69) is 45.9 Å². The summed E-state index contributed by atoms with van der Waals surface area (Å²) in [6.45, 7) is 3.37. The summed E-state index contributed by atoms with van der Waals surface area (Å²) in [6.07, 6.45) is 12.6. The van der Waals surface area contributed by atoms with E-state index in [4.69, 9.17) is 27.9 Å². The first-order valence-electron chi connectivity index (χ1n) is 17.3. The Labute approximate surface area is 287 Å². The van der Waals surface area contributed by atoms with E-state index in [0.717, 1.165) is 71.0 Å². The summed E-state index contributed by atoms with van der Waals surface area (Å²) in [6, 6.07) is 14.9. The van der Waals surface area contributed by atoms with Crippen LogP contribution in [0, 0.1) is 17.8 Å².